The minimum Gasteiger partial charge on any atom is -0.455 e. The smallest absolute Gasteiger partial charge is 0.261 e. The maximum Gasteiger partial charge on any atom is 0.261 e. The van der Waals surface area contributed by atoms with Crippen LogP contribution in [0.15, 0.2) is 35.5 Å². The lowest BCUT2D eigenvalue weighted by molar-refractivity contribution is 0.479. The van der Waals surface area contributed by atoms with Crippen LogP contribution in [0.25, 0.3) is 10.9 Å². The van der Waals surface area contributed by atoms with E-state index in [4.69, 9.17) is 16.3 Å². The Balaban J connectivity index is 2.01. The second-order valence-electron chi connectivity index (χ2n) is 6.24. The Labute approximate surface area is 167 Å². The molecule has 0 bridgehead atoms. The van der Waals surface area contributed by atoms with E-state index < -0.39 is 10.0 Å². The summed E-state index contributed by atoms with van der Waals surface area (Å²) in [6.07, 6.45) is 3.31. The summed E-state index contributed by atoms with van der Waals surface area (Å²) in [7, 11) is -1.93. The second-order valence-corrected chi connectivity index (χ2v) is 8.46. The summed E-state index contributed by atoms with van der Waals surface area (Å²) in [4.78, 5) is 20.7. The highest BCUT2D eigenvalue weighted by Crippen LogP contribution is 2.36. The van der Waals surface area contributed by atoms with Crippen molar-refractivity contribution in [2.24, 2.45) is 7.05 Å². The van der Waals surface area contributed by atoms with Gasteiger partial charge in [-0.25, -0.2) is 18.4 Å². The molecular weight excluding hydrogens is 404 g/mol. The molecule has 8 nitrogen and oxygen atoms in total. The first-order chi connectivity index (χ1) is 13.2. The minimum absolute atomic E-state index is 0.0105. The van der Waals surface area contributed by atoms with Gasteiger partial charge in [0.05, 0.1) is 23.0 Å². The van der Waals surface area contributed by atoms with Crippen molar-refractivity contribution in [3.05, 3.63) is 51.7 Å². The van der Waals surface area contributed by atoms with Gasteiger partial charge in [0.2, 0.25) is 10.0 Å². The number of benzene rings is 1. The summed E-state index contributed by atoms with van der Waals surface area (Å²) in [5.41, 5.74) is 0.968. The average molecular weight is 423 g/mol. The van der Waals surface area contributed by atoms with Crippen molar-refractivity contribution in [3.8, 4) is 11.5 Å². The number of hydrogen-bond acceptors (Lipinski definition) is 6. The fourth-order valence-electron chi connectivity index (χ4n) is 2.71. The summed E-state index contributed by atoms with van der Waals surface area (Å²) in [6, 6.07) is 4.88. The first kappa shape index (κ1) is 20.1. The van der Waals surface area contributed by atoms with Crippen molar-refractivity contribution in [1.29, 1.82) is 0 Å². The Morgan fingerprint density at radius 2 is 1.96 bits per heavy atom. The van der Waals surface area contributed by atoms with Crippen molar-refractivity contribution in [2.45, 2.75) is 20.3 Å². The number of aromatic nitrogens is 3. The Kier molecular flexibility index (Phi) is 5.57. The molecule has 0 saturated heterocycles. The Morgan fingerprint density at radius 3 is 2.68 bits per heavy atom. The number of nitrogens with zero attached hydrogens (tertiary/aromatic N) is 3. The highest BCUT2D eigenvalue weighted by atomic mass is 35.5. The maximum absolute atomic E-state index is 12.4. The summed E-state index contributed by atoms with van der Waals surface area (Å²) in [6.45, 7) is 3.51. The van der Waals surface area contributed by atoms with E-state index >= 15 is 0 Å². The normalized spacial score (nSPS) is 11.6. The molecule has 10 heteroatoms. The third kappa shape index (κ3) is 3.95. The van der Waals surface area contributed by atoms with Gasteiger partial charge < -0.3 is 9.30 Å². The highest BCUT2D eigenvalue weighted by Gasteiger charge is 2.17. The zero-order valence-electron chi connectivity index (χ0n) is 15.6. The molecular formula is C18H19ClN4O4S. The SMILES string of the molecule is CCCS(=O)(=O)Nc1nccc(Oc2ccc3ncn(C)c(=O)c3c2C)c1Cl. The van der Waals surface area contributed by atoms with Crippen LogP contribution in [0.2, 0.25) is 5.02 Å². The van der Waals surface area contributed by atoms with Crippen LogP contribution < -0.4 is 15.0 Å². The molecule has 0 amide bonds. The van der Waals surface area contributed by atoms with E-state index in [1.54, 1.807) is 33.0 Å². The van der Waals surface area contributed by atoms with E-state index in [1.807, 2.05) is 0 Å². The average Bonchev–Trinajstić information content (AvgIpc) is 2.63. The van der Waals surface area contributed by atoms with Crippen LogP contribution in [0.3, 0.4) is 0 Å². The van der Waals surface area contributed by atoms with Crippen molar-refractivity contribution in [3.63, 3.8) is 0 Å². The molecule has 28 heavy (non-hydrogen) atoms. The summed E-state index contributed by atoms with van der Waals surface area (Å²) < 4.78 is 33.6. The molecule has 0 atom stereocenters. The monoisotopic (exact) mass is 422 g/mol. The van der Waals surface area contributed by atoms with Crippen molar-refractivity contribution in [1.82, 2.24) is 14.5 Å². The van der Waals surface area contributed by atoms with Crippen LogP contribution in [0.4, 0.5) is 5.82 Å². The molecule has 0 aliphatic carbocycles. The van der Waals surface area contributed by atoms with Gasteiger partial charge >= 0.3 is 0 Å². The molecule has 2 aromatic heterocycles. The van der Waals surface area contributed by atoms with Crippen molar-refractivity contribution < 1.29 is 13.2 Å². The van der Waals surface area contributed by atoms with Crippen LogP contribution in [0.1, 0.15) is 18.9 Å². The molecule has 0 spiro atoms. The van der Waals surface area contributed by atoms with Gasteiger partial charge in [0.15, 0.2) is 11.6 Å². The molecule has 0 unspecified atom stereocenters. The molecule has 0 aliphatic heterocycles. The molecule has 3 aromatic rings. The number of fused-ring (bicyclic) bond motifs is 1. The lowest BCUT2D eigenvalue weighted by atomic mass is 10.1. The zero-order valence-corrected chi connectivity index (χ0v) is 17.1. The highest BCUT2D eigenvalue weighted by molar-refractivity contribution is 7.92. The maximum atomic E-state index is 12.4. The summed E-state index contributed by atoms with van der Waals surface area (Å²) in [5.74, 6) is 0.571. The minimum atomic E-state index is -3.55. The molecule has 0 saturated carbocycles. The fraction of sp³-hybridized carbons (Fsp3) is 0.278. The lowest BCUT2D eigenvalue weighted by Gasteiger charge is -2.14. The number of anilines is 1. The van der Waals surface area contributed by atoms with Crippen LogP contribution in [0, 0.1) is 6.92 Å². The number of pyridine rings is 1. The Hall–Kier alpha value is -2.65. The molecule has 3 rings (SSSR count). The number of hydrogen-bond donors (Lipinski definition) is 1. The van der Waals surface area contributed by atoms with Crippen LogP contribution >= 0.6 is 11.6 Å². The molecule has 1 aromatic carbocycles. The van der Waals surface area contributed by atoms with E-state index in [-0.39, 0.29) is 27.9 Å². The van der Waals surface area contributed by atoms with Gasteiger partial charge in [-0.1, -0.05) is 18.5 Å². The van der Waals surface area contributed by atoms with Gasteiger partial charge in [-0.3, -0.25) is 9.52 Å². The Bertz CT molecular complexity index is 1210. The molecule has 0 aliphatic rings. The van der Waals surface area contributed by atoms with Gasteiger partial charge in [-0.05, 0) is 25.5 Å². The van der Waals surface area contributed by atoms with E-state index in [2.05, 4.69) is 14.7 Å². The van der Waals surface area contributed by atoms with Crippen LogP contribution in [-0.4, -0.2) is 28.7 Å². The summed E-state index contributed by atoms with van der Waals surface area (Å²) >= 11 is 6.30. The molecule has 148 valence electrons. The number of aryl methyl sites for hydroxylation is 2. The largest absolute Gasteiger partial charge is 0.455 e. The van der Waals surface area contributed by atoms with Gasteiger partial charge in [-0.2, -0.15) is 0 Å². The number of nitrogens with one attached hydrogen (secondary N) is 1. The topological polar surface area (TPSA) is 103 Å². The third-order valence-electron chi connectivity index (χ3n) is 4.10. The predicted molar refractivity (Wildman–Crippen MR) is 109 cm³/mol. The van der Waals surface area contributed by atoms with E-state index in [0.717, 1.165) is 0 Å². The van der Waals surface area contributed by atoms with Crippen molar-refractivity contribution >= 4 is 38.3 Å². The standard InChI is InChI=1S/C18H19ClN4O4S/c1-4-9-28(25,26)22-17-16(19)14(7-8-20-17)27-13-6-5-12-15(11(13)2)18(24)23(3)10-21-12/h5-8,10H,4,9H2,1-3H3,(H,20,22). The van der Waals surface area contributed by atoms with Gasteiger partial charge in [0.25, 0.3) is 5.56 Å². The molecule has 0 fully saturated rings. The lowest BCUT2D eigenvalue weighted by Crippen LogP contribution is -2.18. The molecule has 0 radical (unpaired) electrons. The van der Waals surface area contributed by atoms with Crippen molar-refractivity contribution in [2.75, 3.05) is 10.5 Å². The van der Waals surface area contributed by atoms with Gasteiger partial charge in [0, 0.05) is 24.9 Å². The molecule has 1 N–H and O–H groups in total. The number of sulfonamides is 1. The van der Waals surface area contributed by atoms with E-state index in [1.165, 1.54) is 23.2 Å². The Morgan fingerprint density at radius 1 is 1.21 bits per heavy atom. The first-order valence-corrected chi connectivity index (χ1v) is 10.5. The predicted octanol–water partition coefficient (Wildman–Crippen LogP) is 3.23. The quantitative estimate of drug-likeness (QED) is 0.654. The van der Waals surface area contributed by atoms with Gasteiger partial charge in [0.1, 0.15) is 10.8 Å². The van der Waals surface area contributed by atoms with E-state index in [9.17, 15) is 13.2 Å². The van der Waals surface area contributed by atoms with Crippen LogP contribution in [-0.2, 0) is 17.1 Å². The number of rotatable bonds is 6. The molecule has 2 heterocycles. The van der Waals surface area contributed by atoms with Crippen LogP contribution in [0.5, 0.6) is 11.5 Å². The zero-order chi connectivity index (χ0) is 20.5. The third-order valence-corrected chi connectivity index (χ3v) is 5.91. The van der Waals surface area contributed by atoms with E-state index in [0.29, 0.717) is 28.6 Å². The first-order valence-electron chi connectivity index (χ1n) is 8.51. The summed E-state index contributed by atoms with van der Waals surface area (Å²) in [5, 5.41) is 0.470. The number of halogens is 1. The fourth-order valence-corrected chi connectivity index (χ4v) is 4.05. The van der Waals surface area contributed by atoms with Gasteiger partial charge in [-0.15, -0.1) is 0 Å². The second kappa shape index (κ2) is 7.76. The number of ether oxygens (including phenoxy) is 1.